The third kappa shape index (κ3) is 4.03. The Hall–Kier alpha value is -2.40. The molecule has 4 nitrogen and oxygen atoms in total. The van der Waals surface area contributed by atoms with Gasteiger partial charge in [0.25, 0.3) is 5.91 Å². The first-order chi connectivity index (χ1) is 10.1. The molecule has 0 heterocycles. The molecule has 0 radical (unpaired) electrons. The van der Waals surface area contributed by atoms with E-state index < -0.39 is 0 Å². The minimum atomic E-state index is -0.248. The van der Waals surface area contributed by atoms with Gasteiger partial charge in [-0.1, -0.05) is 29.8 Å². The largest absolute Gasteiger partial charge is 0.495 e. The number of benzene rings is 2. The lowest BCUT2D eigenvalue weighted by molar-refractivity contribution is 0.0977. The van der Waals surface area contributed by atoms with E-state index in [1.807, 2.05) is 43.3 Å². The van der Waals surface area contributed by atoms with Gasteiger partial charge in [0.1, 0.15) is 5.75 Å². The monoisotopic (exact) mass is 300 g/mol. The van der Waals surface area contributed by atoms with Crippen LogP contribution in [0, 0.1) is 6.92 Å². The Morgan fingerprint density at radius 1 is 1.10 bits per heavy atom. The molecule has 0 aromatic heterocycles. The maximum absolute atomic E-state index is 12.0. The van der Waals surface area contributed by atoms with Gasteiger partial charge in [-0.25, -0.2) is 0 Å². The summed E-state index contributed by atoms with van der Waals surface area (Å²) < 4.78 is 5.21. The van der Waals surface area contributed by atoms with Crippen molar-refractivity contribution in [3.05, 3.63) is 59.7 Å². The van der Waals surface area contributed by atoms with Crippen LogP contribution in [0.5, 0.6) is 5.75 Å². The molecule has 2 aromatic rings. The van der Waals surface area contributed by atoms with Crippen LogP contribution in [0.3, 0.4) is 0 Å². The molecule has 0 saturated carbocycles. The Morgan fingerprint density at radius 2 is 1.76 bits per heavy atom. The van der Waals surface area contributed by atoms with Gasteiger partial charge in [-0.05, 0) is 43.4 Å². The molecular weight excluding hydrogens is 284 g/mol. The number of hydrogen-bond acceptors (Lipinski definition) is 3. The van der Waals surface area contributed by atoms with E-state index in [0.29, 0.717) is 17.0 Å². The fraction of sp³-hybridized carbons (Fsp3) is 0.125. The topological polar surface area (TPSA) is 50.4 Å². The van der Waals surface area contributed by atoms with E-state index in [1.54, 1.807) is 19.2 Å². The molecule has 0 unspecified atom stereocenters. The van der Waals surface area contributed by atoms with Crippen LogP contribution >= 0.6 is 12.2 Å². The molecule has 2 N–H and O–H groups in total. The maximum Gasteiger partial charge on any atom is 0.257 e. The number of para-hydroxylation sites is 2. The molecule has 0 saturated heterocycles. The summed E-state index contributed by atoms with van der Waals surface area (Å²) in [5.74, 6) is 0.409. The zero-order chi connectivity index (χ0) is 15.2. The fourth-order valence-corrected chi connectivity index (χ4v) is 1.98. The second kappa shape index (κ2) is 6.85. The molecule has 5 heteroatoms. The summed E-state index contributed by atoms with van der Waals surface area (Å²) in [7, 11) is 1.58. The number of aryl methyl sites for hydroxylation is 1. The highest BCUT2D eigenvalue weighted by Gasteiger charge is 2.09. The first-order valence-corrected chi connectivity index (χ1v) is 6.83. The molecule has 0 spiro atoms. The summed E-state index contributed by atoms with van der Waals surface area (Å²) in [6, 6.07) is 14.6. The van der Waals surface area contributed by atoms with Crippen molar-refractivity contribution in [1.29, 1.82) is 0 Å². The molecule has 0 atom stereocenters. The SMILES string of the molecule is COc1ccccc1NC(=S)NC(=O)c1ccc(C)cc1. The highest BCUT2D eigenvalue weighted by Crippen LogP contribution is 2.22. The summed E-state index contributed by atoms with van der Waals surface area (Å²) in [6.45, 7) is 1.97. The molecule has 21 heavy (non-hydrogen) atoms. The molecule has 0 fully saturated rings. The highest BCUT2D eigenvalue weighted by atomic mass is 32.1. The van der Waals surface area contributed by atoms with E-state index in [1.165, 1.54) is 0 Å². The Balaban J connectivity index is 2.01. The average Bonchev–Trinajstić information content (AvgIpc) is 2.48. The van der Waals surface area contributed by atoms with Crippen molar-refractivity contribution >= 4 is 28.9 Å². The van der Waals surface area contributed by atoms with Crippen molar-refractivity contribution < 1.29 is 9.53 Å². The number of hydrogen-bond donors (Lipinski definition) is 2. The quantitative estimate of drug-likeness (QED) is 0.855. The van der Waals surface area contributed by atoms with Crippen LogP contribution in [0.25, 0.3) is 0 Å². The molecule has 0 aliphatic carbocycles. The molecule has 2 aromatic carbocycles. The van der Waals surface area contributed by atoms with Gasteiger partial charge in [-0.2, -0.15) is 0 Å². The minimum absolute atomic E-state index is 0.227. The van der Waals surface area contributed by atoms with E-state index in [-0.39, 0.29) is 11.0 Å². The molecule has 108 valence electrons. The molecule has 0 bridgehead atoms. The van der Waals surface area contributed by atoms with E-state index in [9.17, 15) is 4.79 Å². The van der Waals surface area contributed by atoms with Crippen molar-refractivity contribution in [2.45, 2.75) is 6.92 Å². The number of methoxy groups -OCH3 is 1. The van der Waals surface area contributed by atoms with E-state index >= 15 is 0 Å². The standard InChI is InChI=1S/C16H16N2O2S/c1-11-7-9-12(10-8-11)15(19)18-16(21)17-13-5-3-4-6-14(13)20-2/h3-10H,1-2H3,(H2,17,18,19,21). The third-order valence-electron chi connectivity index (χ3n) is 2.90. The van der Waals surface area contributed by atoms with Crippen LogP contribution < -0.4 is 15.4 Å². The van der Waals surface area contributed by atoms with Gasteiger partial charge in [0.2, 0.25) is 0 Å². The zero-order valence-corrected chi connectivity index (χ0v) is 12.7. The number of rotatable bonds is 3. The van der Waals surface area contributed by atoms with Gasteiger partial charge in [0, 0.05) is 5.56 Å². The van der Waals surface area contributed by atoms with Crippen LogP contribution in [-0.2, 0) is 0 Å². The van der Waals surface area contributed by atoms with E-state index in [2.05, 4.69) is 10.6 Å². The summed E-state index contributed by atoms with van der Waals surface area (Å²) in [6.07, 6.45) is 0. The minimum Gasteiger partial charge on any atom is -0.495 e. The third-order valence-corrected chi connectivity index (χ3v) is 3.10. The van der Waals surface area contributed by atoms with Crippen LogP contribution in [-0.4, -0.2) is 18.1 Å². The number of carbonyl (C=O) groups excluding carboxylic acids is 1. The van der Waals surface area contributed by atoms with E-state index in [0.717, 1.165) is 5.56 Å². The Kier molecular flexibility index (Phi) is 4.90. The number of carbonyl (C=O) groups is 1. The molecule has 1 amide bonds. The zero-order valence-electron chi connectivity index (χ0n) is 11.8. The number of ether oxygens (including phenoxy) is 1. The number of thiocarbonyl (C=S) groups is 1. The van der Waals surface area contributed by atoms with Gasteiger partial charge in [-0.15, -0.1) is 0 Å². The molecule has 2 rings (SSSR count). The van der Waals surface area contributed by atoms with Crippen LogP contribution in [0.1, 0.15) is 15.9 Å². The van der Waals surface area contributed by atoms with Crippen LogP contribution in [0.2, 0.25) is 0 Å². The normalized spacial score (nSPS) is 9.81. The van der Waals surface area contributed by atoms with Crippen molar-refractivity contribution in [2.75, 3.05) is 12.4 Å². The summed E-state index contributed by atoms with van der Waals surface area (Å²) in [4.78, 5) is 12.0. The first kappa shape index (κ1) is 15.0. The van der Waals surface area contributed by atoms with Crippen LogP contribution in [0.15, 0.2) is 48.5 Å². The summed E-state index contributed by atoms with van der Waals surface area (Å²) in [5.41, 5.74) is 2.36. The van der Waals surface area contributed by atoms with E-state index in [4.69, 9.17) is 17.0 Å². The van der Waals surface area contributed by atoms with Gasteiger partial charge in [-0.3, -0.25) is 10.1 Å². The summed E-state index contributed by atoms with van der Waals surface area (Å²) in [5, 5.41) is 5.82. The lowest BCUT2D eigenvalue weighted by Gasteiger charge is -2.12. The number of nitrogens with one attached hydrogen (secondary N) is 2. The van der Waals surface area contributed by atoms with Gasteiger partial charge in [0.15, 0.2) is 5.11 Å². The summed E-state index contributed by atoms with van der Waals surface area (Å²) >= 11 is 5.15. The predicted octanol–water partition coefficient (Wildman–Crippen LogP) is 3.13. The Labute approximate surface area is 129 Å². The highest BCUT2D eigenvalue weighted by molar-refractivity contribution is 7.80. The van der Waals surface area contributed by atoms with Crippen molar-refractivity contribution in [2.24, 2.45) is 0 Å². The van der Waals surface area contributed by atoms with Crippen LogP contribution in [0.4, 0.5) is 5.69 Å². The lowest BCUT2D eigenvalue weighted by Crippen LogP contribution is -2.34. The van der Waals surface area contributed by atoms with Gasteiger partial charge in [0.05, 0.1) is 12.8 Å². The Bertz CT molecular complexity index is 654. The number of anilines is 1. The first-order valence-electron chi connectivity index (χ1n) is 6.42. The van der Waals surface area contributed by atoms with Gasteiger partial charge < -0.3 is 10.1 Å². The average molecular weight is 300 g/mol. The second-order valence-electron chi connectivity index (χ2n) is 4.47. The Morgan fingerprint density at radius 3 is 2.43 bits per heavy atom. The van der Waals surface area contributed by atoms with Crippen molar-refractivity contribution in [3.8, 4) is 5.75 Å². The predicted molar refractivity (Wildman–Crippen MR) is 87.9 cm³/mol. The van der Waals surface area contributed by atoms with Crippen molar-refractivity contribution in [1.82, 2.24) is 5.32 Å². The maximum atomic E-state index is 12.0. The molecular formula is C16H16N2O2S. The fourth-order valence-electron chi connectivity index (χ4n) is 1.78. The number of amides is 1. The van der Waals surface area contributed by atoms with Crippen molar-refractivity contribution in [3.63, 3.8) is 0 Å². The van der Waals surface area contributed by atoms with Gasteiger partial charge >= 0.3 is 0 Å². The lowest BCUT2D eigenvalue weighted by atomic mass is 10.1. The molecule has 0 aliphatic heterocycles. The smallest absolute Gasteiger partial charge is 0.257 e. The molecule has 0 aliphatic rings. The second-order valence-corrected chi connectivity index (χ2v) is 4.88.